The zero-order valence-electron chi connectivity index (χ0n) is 13.1. The normalized spacial score (nSPS) is 13.2. The van der Waals surface area contributed by atoms with Gasteiger partial charge in [0.1, 0.15) is 10.3 Å². The summed E-state index contributed by atoms with van der Waals surface area (Å²) >= 11 is 4.24. The van der Waals surface area contributed by atoms with Crippen molar-refractivity contribution in [3.63, 3.8) is 0 Å². The number of benzene rings is 1. The topological polar surface area (TPSA) is 88.4 Å². The van der Waals surface area contributed by atoms with Crippen LogP contribution in [0.2, 0.25) is 0 Å². The molecule has 0 amide bonds. The Morgan fingerprint density at radius 3 is 2.68 bits per heavy atom. The lowest BCUT2D eigenvalue weighted by atomic mass is 10.1. The van der Waals surface area contributed by atoms with Crippen LogP contribution in [-0.4, -0.2) is 30.1 Å². The number of carboxylic acid groups (broad SMARTS) is 1. The number of hydrogen-bond acceptors (Lipinski definition) is 4. The summed E-state index contributed by atoms with van der Waals surface area (Å²) in [5, 5.41) is 10.4. The summed E-state index contributed by atoms with van der Waals surface area (Å²) in [5.74, 6) is -1.22. The maximum absolute atomic E-state index is 12.4. The van der Waals surface area contributed by atoms with Crippen molar-refractivity contribution in [2.45, 2.75) is 16.7 Å². The SMILES string of the molecule is Cn1cc(C[C@H](NS(=O)(=O)c2ccc(Br)s2)C(=O)O)c2ccccc21. The van der Waals surface area contributed by atoms with Crippen LogP contribution in [0.4, 0.5) is 0 Å². The van der Waals surface area contributed by atoms with Crippen LogP contribution in [-0.2, 0) is 28.3 Å². The number of carbonyl (C=O) groups is 1. The summed E-state index contributed by atoms with van der Waals surface area (Å²) in [4.78, 5) is 11.6. The summed E-state index contributed by atoms with van der Waals surface area (Å²) in [6.07, 6.45) is 1.89. The molecule has 3 rings (SSSR count). The molecule has 0 aliphatic rings. The highest BCUT2D eigenvalue weighted by molar-refractivity contribution is 9.11. The van der Waals surface area contributed by atoms with Crippen molar-refractivity contribution < 1.29 is 18.3 Å². The summed E-state index contributed by atoms with van der Waals surface area (Å²) in [7, 11) is -2.03. The molecule has 1 aromatic carbocycles. The first kappa shape index (κ1) is 18.1. The number of thiophene rings is 1. The summed E-state index contributed by atoms with van der Waals surface area (Å²) < 4.78 is 29.8. The van der Waals surface area contributed by atoms with Gasteiger partial charge in [0, 0.05) is 30.6 Å². The Morgan fingerprint density at radius 2 is 2.04 bits per heavy atom. The highest BCUT2D eigenvalue weighted by atomic mass is 79.9. The molecule has 0 saturated carbocycles. The first-order valence-electron chi connectivity index (χ1n) is 7.31. The minimum atomic E-state index is -3.90. The number of nitrogens with zero attached hydrogens (tertiary/aromatic N) is 1. The highest BCUT2D eigenvalue weighted by Crippen LogP contribution is 2.27. The number of nitrogens with one attached hydrogen (secondary N) is 1. The van der Waals surface area contributed by atoms with Crippen LogP contribution in [0, 0.1) is 0 Å². The molecule has 0 bridgehead atoms. The quantitative estimate of drug-likeness (QED) is 0.613. The number of halogens is 1. The number of carboxylic acids is 1. The molecule has 2 N–H and O–H groups in total. The molecule has 1 atom stereocenters. The summed E-state index contributed by atoms with van der Waals surface area (Å²) in [5.41, 5.74) is 1.74. The Bertz CT molecular complexity index is 1040. The minimum absolute atomic E-state index is 0.0580. The molecule has 0 aliphatic heterocycles. The van der Waals surface area contributed by atoms with Crippen molar-refractivity contribution in [2.24, 2.45) is 7.05 Å². The van der Waals surface area contributed by atoms with Gasteiger partial charge in [-0.1, -0.05) is 18.2 Å². The van der Waals surface area contributed by atoms with Gasteiger partial charge in [0.15, 0.2) is 0 Å². The van der Waals surface area contributed by atoms with E-state index in [4.69, 9.17) is 0 Å². The predicted octanol–water partition coefficient (Wildman–Crippen LogP) is 2.98. The molecule has 9 heteroatoms. The van der Waals surface area contributed by atoms with Gasteiger partial charge in [0.05, 0.1) is 3.79 Å². The molecule has 0 saturated heterocycles. The molecule has 3 aromatic rings. The van der Waals surface area contributed by atoms with Crippen molar-refractivity contribution in [1.82, 2.24) is 9.29 Å². The van der Waals surface area contributed by atoms with Gasteiger partial charge in [0.25, 0.3) is 10.0 Å². The maximum atomic E-state index is 12.4. The fourth-order valence-electron chi connectivity index (χ4n) is 2.68. The zero-order valence-corrected chi connectivity index (χ0v) is 16.4. The van der Waals surface area contributed by atoms with E-state index in [1.54, 1.807) is 6.07 Å². The molecule has 2 aromatic heterocycles. The largest absolute Gasteiger partial charge is 0.480 e. The monoisotopic (exact) mass is 442 g/mol. The molecule has 132 valence electrons. The second kappa shape index (κ2) is 6.91. The van der Waals surface area contributed by atoms with Gasteiger partial charge in [-0.3, -0.25) is 4.79 Å². The lowest BCUT2D eigenvalue weighted by Crippen LogP contribution is -2.42. The Morgan fingerprint density at radius 1 is 1.32 bits per heavy atom. The van der Waals surface area contributed by atoms with Gasteiger partial charge >= 0.3 is 5.97 Å². The van der Waals surface area contributed by atoms with Crippen molar-refractivity contribution in [3.8, 4) is 0 Å². The maximum Gasteiger partial charge on any atom is 0.322 e. The molecule has 0 radical (unpaired) electrons. The lowest BCUT2D eigenvalue weighted by Gasteiger charge is -2.13. The Kier molecular flexibility index (Phi) is 5.01. The Hall–Kier alpha value is -1.68. The van der Waals surface area contributed by atoms with Crippen LogP contribution in [0.15, 0.2) is 50.6 Å². The number of aliphatic carboxylic acids is 1. The molecule has 0 fully saturated rings. The van der Waals surface area contributed by atoms with Crippen LogP contribution in [0.1, 0.15) is 5.56 Å². The molecule has 25 heavy (non-hydrogen) atoms. The molecule has 0 aliphatic carbocycles. The van der Waals surface area contributed by atoms with Crippen LogP contribution in [0.5, 0.6) is 0 Å². The molecular formula is C16H15BrN2O4S2. The van der Waals surface area contributed by atoms with E-state index in [2.05, 4.69) is 20.7 Å². The third kappa shape index (κ3) is 3.79. The molecule has 6 nitrogen and oxygen atoms in total. The van der Waals surface area contributed by atoms with Crippen LogP contribution >= 0.6 is 27.3 Å². The van der Waals surface area contributed by atoms with E-state index in [1.165, 1.54) is 6.07 Å². The Labute approximate surface area is 157 Å². The molecule has 0 spiro atoms. The number of rotatable bonds is 6. The summed E-state index contributed by atoms with van der Waals surface area (Å²) in [6.45, 7) is 0. The predicted molar refractivity (Wildman–Crippen MR) is 100 cm³/mol. The first-order chi connectivity index (χ1) is 11.8. The number of aromatic nitrogens is 1. The number of aryl methyl sites for hydroxylation is 1. The van der Waals surface area contributed by atoms with E-state index in [-0.39, 0.29) is 10.6 Å². The van der Waals surface area contributed by atoms with Gasteiger partial charge < -0.3 is 9.67 Å². The van der Waals surface area contributed by atoms with Crippen LogP contribution in [0.3, 0.4) is 0 Å². The third-order valence-electron chi connectivity index (χ3n) is 3.81. The first-order valence-corrected chi connectivity index (χ1v) is 10.4. The van der Waals surface area contributed by atoms with Crippen molar-refractivity contribution >= 4 is 54.2 Å². The van der Waals surface area contributed by atoms with Gasteiger partial charge in [-0.2, -0.15) is 4.72 Å². The van der Waals surface area contributed by atoms with E-state index in [9.17, 15) is 18.3 Å². The number of fused-ring (bicyclic) bond motifs is 1. The van der Waals surface area contributed by atoms with E-state index in [1.807, 2.05) is 42.1 Å². The lowest BCUT2D eigenvalue weighted by molar-refractivity contribution is -0.138. The Balaban J connectivity index is 1.90. The van der Waals surface area contributed by atoms with E-state index < -0.39 is 22.0 Å². The van der Waals surface area contributed by atoms with Gasteiger partial charge in [-0.15, -0.1) is 11.3 Å². The molecule has 0 unspecified atom stereocenters. The third-order valence-corrected chi connectivity index (χ3v) is 7.40. The summed E-state index contributed by atoms with van der Waals surface area (Å²) in [6, 6.07) is 9.40. The highest BCUT2D eigenvalue weighted by Gasteiger charge is 2.27. The number of para-hydroxylation sites is 1. The van der Waals surface area contributed by atoms with E-state index >= 15 is 0 Å². The van der Waals surface area contributed by atoms with Crippen LogP contribution in [0.25, 0.3) is 10.9 Å². The van der Waals surface area contributed by atoms with Gasteiger partial charge in [-0.25, -0.2) is 8.42 Å². The standard InChI is InChI=1S/C16H15BrN2O4S2/c1-19-9-10(11-4-2-3-5-13(11)19)8-12(16(20)21)18-25(22,23)15-7-6-14(17)24-15/h2-7,9,12,18H,8H2,1H3,(H,20,21)/t12-/m0/s1. The molecular weight excluding hydrogens is 428 g/mol. The average molecular weight is 443 g/mol. The number of hydrogen-bond donors (Lipinski definition) is 2. The van der Waals surface area contributed by atoms with E-state index in [0.717, 1.165) is 27.8 Å². The zero-order chi connectivity index (χ0) is 18.2. The van der Waals surface area contributed by atoms with E-state index in [0.29, 0.717) is 3.79 Å². The van der Waals surface area contributed by atoms with Crippen LogP contribution < -0.4 is 4.72 Å². The fraction of sp³-hybridized carbons (Fsp3) is 0.188. The van der Waals surface area contributed by atoms with Gasteiger partial charge in [-0.05, 0) is 39.7 Å². The fourth-order valence-corrected chi connectivity index (χ4v) is 5.89. The van der Waals surface area contributed by atoms with Crippen molar-refractivity contribution in [2.75, 3.05) is 0 Å². The second-order valence-corrected chi connectivity index (χ2v) is 9.96. The molecule has 2 heterocycles. The number of sulfonamides is 1. The van der Waals surface area contributed by atoms with Crippen molar-refractivity contribution in [1.29, 1.82) is 0 Å². The second-order valence-electron chi connectivity index (χ2n) is 5.56. The van der Waals surface area contributed by atoms with Gasteiger partial charge in [0.2, 0.25) is 0 Å². The minimum Gasteiger partial charge on any atom is -0.480 e. The average Bonchev–Trinajstić information content (AvgIpc) is 3.12. The smallest absolute Gasteiger partial charge is 0.322 e. The van der Waals surface area contributed by atoms with Crippen molar-refractivity contribution in [3.05, 3.63) is 51.9 Å².